The first-order chi connectivity index (χ1) is 21.5. The van der Waals surface area contributed by atoms with Crippen LogP contribution in [-0.4, -0.2) is 23.1 Å². The molecule has 192 valence electrons. The van der Waals surface area contributed by atoms with Gasteiger partial charge in [0.25, 0.3) is 5.91 Å². The molecule has 1 amide bonds. The zero-order valence-electron chi connectivity index (χ0n) is 32.6. The van der Waals surface area contributed by atoms with E-state index in [1.807, 2.05) is 0 Å². The normalized spacial score (nSPS) is 18.9. The monoisotopic (exact) mass is 523 g/mol. The van der Waals surface area contributed by atoms with Gasteiger partial charge in [-0.3, -0.25) is 9.78 Å². The first-order valence-electron chi connectivity index (χ1n) is 16.7. The van der Waals surface area contributed by atoms with Crippen LogP contribution in [0.3, 0.4) is 0 Å². The maximum atomic E-state index is 13.6. The number of carbonyl (C=O) groups excluding carboxylic acids is 1. The Labute approximate surface area is 239 Å². The Morgan fingerprint density at radius 2 is 1.84 bits per heavy atom. The number of allylic oxidation sites excluding steroid dienone is 1. The second-order valence-electron chi connectivity index (χ2n) is 9.09. The summed E-state index contributed by atoms with van der Waals surface area (Å²) in [4.78, 5) is 18.3. The average Bonchev–Trinajstić information content (AvgIpc) is 3.29. The van der Waals surface area contributed by atoms with Gasteiger partial charge in [0.15, 0.2) is 7.10 Å². The predicted octanol–water partition coefficient (Wildman–Crippen LogP) is 6.16. The van der Waals surface area contributed by atoms with Crippen LogP contribution in [0.2, 0.25) is 4.24 Å². The molecule has 2 heterocycles. The first kappa shape index (κ1) is 16.6. The summed E-state index contributed by atoms with van der Waals surface area (Å²) in [7, 11) is 0. The van der Waals surface area contributed by atoms with E-state index in [1.54, 1.807) is 55.4 Å². The van der Waals surface area contributed by atoms with E-state index in [0.717, 1.165) is 18.7 Å². The second-order valence-corrected chi connectivity index (χ2v) is 10.1. The van der Waals surface area contributed by atoms with E-state index in [9.17, 15) is 6.17 Å². The fourth-order valence-corrected chi connectivity index (χ4v) is 5.26. The summed E-state index contributed by atoms with van der Waals surface area (Å²) in [5, 5.41) is 4.50. The zero-order chi connectivity index (χ0) is 35.8. The third-order valence-corrected chi connectivity index (χ3v) is 7.87. The van der Waals surface area contributed by atoms with Crippen LogP contribution in [0.1, 0.15) is 84.1 Å². The minimum atomic E-state index is -2.31. The SMILES string of the molecule is [2H]/C(=C(/C)C1=N[N+]([2H])([2H])c2c([2H])c(Sc3c([2H])c(C)c(C)c(C)c3C(=O)N([2H])C([2H])([2H])C)c(C)c(C)c21)c1nc(C)c(C)c([2H])c1[2H]. The average molecular weight is 524 g/mol. The van der Waals surface area contributed by atoms with Gasteiger partial charge >= 0.3 is 2.82 Å². The number of nitrogens with zero attached hydrogens (tertiary/aromatic N) is 2. The van der Waals surface area contributed by atoms with Crippen LogP contribution >= 0.6 is 11.8 Å². The molecular formula is C31H37N4OS+. The van der Waals surface area contributed by atoms with Gasteiger partial charge in [-0.1, -0.05) is 22.9 Å². The first-order valence-corrected chi connectivity index (χ1v) is 12.7. The number of hydrogen-bond donors (Lipinski definition) is 2. The Morgan fingerprint density at radius 3 is 2.54 bits per heavy atom. The number of hydrogen-bond acceptors (Lipinski definition) is 4. The number of benzene rings is 2. The topological polar surface area (TPSA) is 71.0 Å². The minimum Gasteiger partial charge on any atom is -0.352 e. The summed E-state index contributed by atoms with van der Waals surface area (Å²) in [6, 6.07) is -0.724. The number of carbonyl (C=O) groups is 1. The molecule has 6 heteroatoms. The largest absolute Gasteiger partial charge is 0.384 e. The molecule has 5 nitrogen and oxygen atoms in total. The summed E-state index contributed by atoms with van der Waals surface area (Å²) >= 11 is 0.927. The number of fused-ring (bicyclic) bond motifs is 1. The van der Waals surface area contributed by atoms with E-state index in [0.29, 0.717) is 44.6 Å². The quantitative estimate of drug-likeness (QED) is 0.300. The maximum Gasteiger partial charge on any atom is 0.384 e. The van der Waals surface area contributed by atoms with Crippen LogP contribution < -0.4 is 10.7 Å². The molecule has 0 saturated heterocycles. The Balaban J connectivity index is 1.97. The van der Waals surface area contributed by atoms with E-state index in [4.69, 9.17) is 12.5 Å². The van der Waals surface area contributed by atoms with Gasteiger partial charge in [-0.25, -0.2) is 0 Å². The maximum absolute atomic E-state index is 13.6. The van der Waals surface area contributed by atoms with Crippen LogP contribution in [0, 0.1) is 48.5 Å². The van der Waals surface area contributed by atoms with E-state index in [1.165, 1.54) is 0 Å². The molecule has 2 aromatic carbocycles. The summed E-state index contributed by atoms with van der Waals surface area (Å²) in [6.45, 7) is 12.3. The van der Waals surface area contributed by atoms with Crippen molar-refractivity contribution in [1.82, 2.24) is 10.3 Å². The highest BCUT2D eigenvalue weighted by molar-refractivity contribution is 7.99. The lowest BCUT2D eigenvalue weighted by molar-refractivity contribution is -0.573. The van der Waals surface area contributed by atoms with Gasteiger partial charge in [0.2, 0.25) is 0 Å². The lowest BCUT2D eigenvalue weighted by atomic mass is 9.94. The number of pyridine rings is 1. The number of aryl methyl sites for hydroxylation is 1. The highest BCUT2D eigenvalue weighted by atomic mass is 32.2. The molecule has 0 spiro atoms. The van der Waals surface area contributed by atoms with Gasteiger partial charge in [-0.05, 0) is 119 Å². The Morgan fingerprint density at radius 1 is 1.11 bits per heavy atom. The zero-order valence-corrected chi connectivity index (χ0v) is 23.4. The van der Waals surface area contributed by atoms with Crippen molar-refractivity contribution in [1.29, 1.82) is 0 Å². The highest BCUT2D eigenvalue weighted by Crippen LogP contribution is 2.40. The van der Waals surface area contributed by atoms with Crippen molar-refractivity contribution >= 4 is 35.1 Å². The molecule has 0 bridgehead atoms. The van der Waals surface area contributed by atoms with E-state index in [-0.39, 0.29) is 73.6 Å². The third kappa shape index (κ3) is 5.13. The number of amides is 1. The minimum absolute atomic E-state index is 0.0172. The molecule has 37 heavy (non-hydrogen) atoms. The van der Waals surface area contributed by atoms with Crippen molar-refractivity contribution in [3.05, 3.63) is 85.6 Å². The number of nitrogens with two attached hydrogens (primary N) is 1. The van der Waals surface area contributed by atoms with Crippen molar-refractivity contribution in [3.8, 4) is 0 Å². The number of nitrogens with one attached hydrogen (secondary N) is 1. The number of aromatic nitrogens is 1. The molecular weight excluding hydrogens is 476 g/mol. The molecule has 3 aromatic rings. The summed E-state index contributed by atoms with van der Waals surface area (Å²) in [5.74, 6) is -0.943. The molecule has 0 saturated carbocycles. The third-order valence-electron chi connectivity index (χ3n) is 6.74. The van der Waals surface area contributed by atoms with Crippen LogP contribution in [0.15, 0.2) is 44.6 Å². The molecule has 3 N–H and O–H groups in total. The molecule has 0 unspecified atom stereocenters. The number of quaternary nitrogens is 1. The van der Waals surface area contributed by atoms with Crippen LogP contribution in [0.25, 0.3) is 6.05 Å². The summed E-state index contributed by atoms with van der Waals surface area (Å²) in [5.41, 5.74) is 2.71. The van der Waals surface area contributed by atoms with Crippen molar-refractivity contribution in [3.63, 3.8) is 0 Å². The fraction of sp³-hybridized carbons (Fsp3) is 0.323. The Kier molecular flexibility index (Phi) is 4.77. The summed E-state index contributed by atoms with van der Waals surface area (Å²) in [6.07, 6.45) is 0. The van der Waals surface area contributed by atoms with E-state index in [2.05, 4.69) is 10.1 Å². The van der Waals surface area contributed by atoms with Crippen LogP contribution in [-0.2, 0) is 0 Å². The fourth-order valence-electron chi connectivity index (χ4n) is 4.06. The number of rotatable bonds is 6. The van der Waals surface area contributed by atoms with Crippen LogP contribution in [0.4, 0.5) is 5.69 Å². The van der Waals surface area contributed by atoms with Gasteiger partial charge in [0.05, 0.1) is 23.7 Å². The van der Waals surface area contributed by atoms with Crippen molar-refractivity contribution < 1.29 is 24.0 Å². The molecule has 0 atom stereocenters. The Hall–Kier alpha value is -3.22. The molecule has 0 aliphatic carbocycles. The van der Waals surface area contributed by atoms with Crippen molar-refractivity contribution in [2.45, 2.75) is 72.1 Å². The van der Waals surface area contributed by atoms with Gasteiger partial charge in [0.1, 0.15) is 5.71 Å². The van der Waals surface area contributed by atoms with Crippen molar-refractivity contribution in [2.24, 2.45) is 5.10 Å². The van der Waals surface area contributed by atoms with E-state index >= 15 is 0 Å². The second kappa shape index (κ2) is 10.6. The smallest absolute Gasteiger partial charge is 0.352 e. The van der Waals surface area contributed by atoms with Gasteiger partial charge in [0, 0.05) is 30.8 Å². The van der Waals surface area contributed by atoms with Crippen molar-refractivity contribution in [2.75, 3.05) is 6.50 Å². The van der Waals surface area contributed by atoms with Crippen LogP contribution in [0.5, 0.6) is 0 Å². The molecule has 1 aliphatic heterocycles. The van der Waals surface area contributed by atoms with E-state index < -0.39 is 17.8 Å². The molecule has 0 fully saturated rings. The summed E-state index contributed by atoms with van der Waals surface area (Å²) < 4.78 is 85.5. The predicted molar refractivity (Wildman–Crippen MR) is 154 cm³/mol. The Bertz CT molecular complexity index is 1950. The molecule has 4 rings (SSSR count). The standard InChI is InChI=1S/C31H36N4OS/c1-10-32-31(36)29-21(7)19(5)17(3)14-27(29)37-26-15-25-28(22(8)20(26)6)30(35-34-25)18(4)13-24-12-11-16(2)23(9)33-24/h11-15H,10H2,1-9H3,(H,32,36)(H,34,35)/p+1/b18-13+/i10D2,11D,12D,13D,14D,15D/hD3. The molecule has 0 radical (unpaired) electrons. The lowest BCUT2D eigenvalue weighted by Gasteiger charge is -2.18. The molecule has 1 aliphatic rings. The lowest BCUT2D eigenvalue weighted by Crippen LogP contribution is -2.69. The van der Waals surface area contributed by atoms with Gasteiger partial charge < -0.3 is 5.31 Å². The molecule has 1 aromatic heterocycles. The van der Waals surface area contributed by atoms with Gasteiger partial charge in [-0.15, -0.1) is 0 Å². The van der Waals surface area contributed by atoms with Gasteiger partial charge in [-0.2, -0.15) is 5.41 Å². The highest BCUT2D eigenvalue weighted by Gasteiger charge is 2.28.